The van der Waals surface area contributed by atoms with E-state index >= 15 is 0 Å². The van der Waals surface area contributed by atoms with Gasteiger partial charge in [0.1, 0.15) is 5.82 Å². The van der Waals surface area contributed by atoms with Crippen LogP contribution in [0.4, 0.5) is 4.39 Å². The number of hydrogen-bond acceptors (Lipinski definition) is 2. The molecule has 1 aromatic carbocycles. The molecule has 2 aromatic heterocycles. The van der Waals surface area contributed by atoms with Crippen LogP contribution in [0.1, 0.15) is 22.7 Å². The average Bonchev–Trinajstić information content (AvgIpc) is 2.81. The smallest absolute Gasteiger partial charge is 0.216 e. The number of benzene rings is 1. The van der Waals surface area contributed by atoms with E-state index in [9.17, 15) is 14.5 Å². The highest BCUT2D eigenvalue weighted by Crippen LogP contribution is 2.31. The van der Waals surface area contributed by atoms with Gasteiger partial charge >= 0.3 is 0 Å². The van der Waals surface area contributed by atoms with E-state index in [2.05, 4.69) is 0 Å². The number of hydrogen-bond donors (Lipinski definition) is 0. The molecule has 0 aliphatic carbocycles. The molecular weight excluding hydrogens is 283 g/mol. The third-order valence-corrected chi connectivity index (χ3v) is 3.86. The quantitative estimate of drug-likeness (QED) is 0.543. The SMILES string of the molecule is Cc1cc2ccccn2c1[C@@H](C[N+](=O)[O-])c1ccccc1F. The fourth-order valence-electron chi connectivity index (χ4n) is 2.96. The third-order valence-electron chi connectivity index (χ3n) is 3.86. The predicted molar refractivity (Wildman–Crippen MR) is 82.2 cm³/mol. The van der Waals surface area contributed by atoms with Crippen LogP contribution in [-0.4, -0.2) is 15.9 Å². The standard InChI is InChI=1S/C17H15FN2O2/c1-12-10-13-6-4-5-9-19(13)17(12)15(11-20(21)22)14-7-2-3-8-16(14)18/h2-10,15H,11H2,1H3/t15-/m0/s1. The highest BCUT2D eigenvalue weighted by Gasteiger charge is 2.27. The van der Waals surface area contributed by atoms with Crippen LogP contribution in [0.25, 0.3) is 5.52 Å². The Balaban J connectivity index is 2.23. The first-order valence-electron chi connectivity index (χ1n) is 7.00. The summed E-state index contributed by atoms with van der Waals surface area (Å²) >= 11 is 0. The predicted octanol–water partition coefficient (Wildman–Crippen LogP) is 3.80. The van der Waals surface area contributed by atoms with E-state index in [1.165, 1.54) is 6.07 Å². The van der Waals surface area contributed by atoms with Crippen LogP contribution in [0.5, 0.6) is 0 Å². The zero-order chi connectivity index (χ0) is 15.7. The monoisotopic (exact) mass is 298 g/mol. The number of halogens is 1. The Labute approximate surface area is 127 Å². The fraction of sp³-hybridized carbons (Fsp3) is 0.176. The Morgan fingerprint density at radius 1 is 1.23 bits per heavy atom. The van der Waals surface area contributed by atoms with Gasteiger partial charge in [-0.3, -0.25) is 10.1 Å². The lowest BCUT2D eigenvalue weighted by Crippen LogP contribution is -2.17. The molecule has 0 aliphatic rings. The second-order valence-corrected chi connectivity index (χ2v) is 5.30. The molecule has 2 heterocycles. The van der Waals surface area contributed by atoms with E-state index in [1.807, 2.05) is 41.8 Å². The van der Waals surface area contributed by atoms with E-state index in [0.717, 1.165) is 16.8 Å². The largest absolute Gasteiger partial charge is 0.320 e. The van der Waals surface area contributed by atoms with Crippen molar-refractivity contribution < 1.29 is 9.31 Å². The first-order valence-corrected chi connectivity index (χ1v) is 7.00. The molecular formula is C17H15FN2O2. The summed E-state index contributed by atoms with van der Waals surface area (Å²) < 4.78 is 16.1. The van der Waals surface area contributed by atoms with Crippen LogP contribution in [0.3, 0.4) is 0 Å². The summed E-state index contributed by atoms with van der Waals surface area (Å²) in [5, 5.41) is 11.1. The van der Waals surface area contributed by atoms with Gasteiger partial charge in [-0.1, -0.05) is 24.3 Å². The zero-order valence-electron chi connectivity index (χ0n) is 12.1. The molecule has 1 atom stereocenters. The Morgan fingerprint density at radius 2 is 1.95 bits per heavy atom. The van der Waals surface area contributed by atoms with Gasteiger partial charge < -0.3 is 4.40 Å². The summed E-state index contributed by atoms with van der Waals surface area (Å²) in [6.07, 6.45) is 1.85. The lowest BCUT2D eigenvalue weighted by atomic mass is 9.93. The fourth-order valence-corrected chi connectivity index (χ4v) is 2.96. The molecule has 0 amide bonds. The molecule has 4 nitrogen and oxygen atoms in total. The third kappa shape index (κ3) is 2.45. The number of nitrogens with zero attached hydrogens (tertiary/aromatic N) is 2. The van der Waals surface area contributed by atoms with Crippen molar-refractivity contribution in [3.63, 3.8) is 0 Å². The van der Waals surface area contributed by atoms with Gasteiger partial charge in [-0.15, -0.1) is 0 Å². The lowest BCUT2D eigenvalue weighted by Gasteiger charge is -2.16. The minimum Gasteiger partial charge on any atom is -0.320 e. The van der Waals surface area contributed by atoms with Crippen molar-refractivity contribution in [2.24, 2.45) is 0 Å². The second kappa shape index (κ2) is 5.60. The van der Waals surface area contributed by atoms with Crippen molar-refractivity contribution in [2.45, 2.75) is 12.8 Å². The molecule has 22 heavy (non-hydrogen) atoms. The summed E-state index contributed by atoms with van der Waals surface area (Å²) in [5.41, 5.74) is 2.98. The molecule has 0 fully saturated rings. The minimum atomic E-state index is -0.624. The van der Waals surface area contributed by atoms with Gasteiger partial charge in [-0.25, -0.2) is 4.39 Å². The number of aromatic nitrogens is 1. The van der Waals surface area contributed by atoms with E-state index in [0.29, 0.717) is 5.56 Å². The number of pyridine rings is 1. The van der Waals surface area contributed by atoms with E-state index in [4.69, 9.17) is 0 Å². The summed E-state index contributed by atoms with van der Waals surface area (Å²) in [6, 6.07) is 13.9. The first-order chi connectivity index (χ1) is 10.6. The van der Waals surface area contributed by atoms with Crippen molar-refractivity contribution >= 4 is 5.52 Å². The van der Waals surface area contributed by atoms with Crippen molar-refractivity contribution in [3.8, 4) is 0 Å². The molecule has 0 N–H and O–H groups in total. The molecule has 0 saturated carbocycles. The number of fused-ring (bicyclic) bond motifs is 1. The van der Waals surface area contributed by atoms with Crippen LogP contribution in [-0.2, 0) is 0 Å². The topological polar surface area (TPSA) is 47.5 Å². The number of aryl methyl sites for hydroxylation is 1. The van der Waals surface area contributed by atoms with Crippen LogP contribution in [0, 0.1) is 22.9 Å². The van der Waals surface area contributed by atoms with Crippen molar-refractivity contribution in [2.75, 3.05) is 6.54 Å². The Morgan fingerprint density at radius 3 is 2.68 bits per heavy atom. The maximum absolute atomic E-state index is 14.2. The van der Waals surface area contributed by atoms with E-state index < -0.39 is 16.7 Å². The van der Waals surface area contributed by atoms with Gasteiger partial charge in [0.25, 0.3) is 0 Å². The molecule has 3 aromatic rings. The highest BCUT2D eigenvalue weighted by atomic mass is 19.1. The van der Waals surface area contributed by atoms with Crippen molar-refractivity contribution in [3.05, 3.63) is 87.5 Å². The van der Waals surface area contributed by atoms with Crippen LogP contribution >= 0.6 is 0 Å². The normalized spacial score (nSPS) is 12.5. The molecule has 0 spiro atoms. The van der Waals surface area contributed by atoms with Gasteiger partial charge in [0.2, 0.25) is 6.54 Å². The summed E-state index contributed by atoms with van der Waals surface area (Å²) in [7, 11) is 0. The molecule has 0 unspecified atom stereocenters. The van der Waals surface area contributed by atoms with Gasteiger partial charge in [0.05, 0.1) is 5.92 Å². The maximum Gasteiger partial charge on any atom is 0.216 e. The van der Waals surface area contributed by atoms with Crippen LogP contribution < -0.4 is 0 Å². The first kappa shape index (κ1) is 14.3. The summed E-state index contributed by atoms with van der Waals surface area (Å²) in [4.78, 5) is 10.7. The van der Waals surface area contributed by atoms with Crippen LogP contribution in [0.15, 0.2) is 54.7 Å². The summed E-state index contributed by atoms with van der Waals surface area (Å²) in [6.45, 7) is 1.55. The molecule has 0 radical (unpaired) electrons. The number of rotatable bonds is 4. The number of nitro groups is 1. The second-order valence-electron chi connectivity index (χ2n) is 5.30. The average molecular weight is 298 g/mol. The van der Waals surface area contributed by atoms with Crippen molar-refractivity contribution in [1.29, 1.82) is 0 Å². The van der Waals surface area contributed by atoms with Gasteiger partial charge in [-0.2, -0.15) is 0 Å². The van der Waals surface area contributed by atoms with Crippen molar-refractivity contribution in [1.82, 2.24) is 4.40 Å². The molecule has 0 aliphatic heterocycles. The maximum atomic E-state index is 14.2. The highest BCUT2D eigenvalue weighted by molar-refractivity contribution is 5.55. The molecule has 0 saturated heterocycles. The van der Waals surface area contributed by atoms with Gasteiger partial charge in [0, 0.05) is 27.9 Å². The molecule has 3 rings (SSSR count). The Bertz CT molecular complexity index is 842. The van der Waals surface area contributed by atoms with Gasteiger partial charge in [-0.05, 0) is 36.8 Å². The molecule has 112 valence electrons. The van der Waals surface area contributed by atoms with Gasteiger partial charge in [0.15, 0.2) is 0 Å². The lowest BCUT2D eigenvalue weighted by molar-refractivity contribution is -0.482. The molecule has 5 heteroatoms. The zero-order valence-corrected chi connectivity index (χ0v) is 12.1. The Hall–Kier alpha value is -2.69. The van der Waals surface area contributed by atoms with Crippen LogP contribution in [0.2, 0.25) is 0 Å². The van der Waals surface area contributed by atoms with E-state index in [-0.39, 0.29) is 6.54 Å². The molecule has 0 bridgehead atoms. The van der Waals surface area contributed by atoms with E-state index in [1.54, 1.807) is 18.2 Å². The summed E-state index contributed by atoms with van der Waals surface area (Å²) in [5.74, 6) is -1.04. The minimum absolute atomic E-state index is 0.344. The Kier molecular flexibility index (Phi) is 3.63.